The van der Waals surface area contributed by atoms with Crippen LogP contribution in [0.5, 0.6) is 0 Å². The first-order chi connectivity index (χ1) is 18.4. The summed E-state index contributed by atoms with van der Waals surface area (Å²) in [7, 11) is 3.51. The number of aryl methyl sites for hydroxylation is 2. The van der Waals surface area contributed by atoms with Crippen molar-refractivity contribution in [2.24, 2.45) is 7.05 Å². The van der Waals surface area contributed by atoms with E-state index in [4.69, 9.17) is 0 Å². The van der Waals surface area contributed by atoms with Gasteiger partial charge in [-0.1, -0.05) is 24.8 Å². The Hall–Kier alpha value is -3.45. The van der Waals surface area contributed by atoms with Gasteiger partial charge >= 0.3 is 6.18 Å². The molecule has 1 aliphatic rings. The third-order valence-corrected chi connectivity index (χ3v) is 7.43. The van der Waals surface area contributed by atoms with Crippen LogP contribution in [0.3, 0.4) is 0 Å². The quantitative estimate of drug-likeness (QED) is 0.400. The highest BCUT2D eigenvalue weighted by atomic mass is 32.2. The van der Waals surface area contributed by atoms with Gasteiger partial charge in [-0.15, -0.1) is 11.8 Å². The molecule has 0 radical (unpaired) electrons. The van der Waals surface area contributed by atoms with Gasteiger partial charge in [-0.05, 0) is 38.6 Å². The molecule has 3 heterocycles. The highest BCUT2D eigenvalue weighted by Gasteiger charge is 2.35. The molecular weight excluding hydrogens is 534 g/mol. The van der Waals surface area contributed by atoms with Crippen LogP contribution in [0, 0.1) is 6.92 Å². The molecule has 3 aromatic rings. The smallest absolute Gasteiger partial charge is 0.378 e. The minimum absolute atomic E-state index is 0.0796. The number of nitrogens with one attached hydrogen (secondary N) is 2. The number of rotatable bonds is 7. The molecular formula is C26H29F4N7OS. The summed E-state index contributed by atoms with van der Waals surface area (Å²) in [5, 5.41) is 10.6. The molecule has 0 unspecified atom stereocenters. The minimum Gasteiger partial charge on any atom is -0.378 e. The number of anilines is 1. The van der Waals surface area contributed by atoms with Crippen LogP contribution in [0.25, 0.3) is 22.4 Å². The van der Waals surface area contributed by atoms with E-state index in [-0.39, 0.29) is 29.1 Å². The predicted molar refractivity (Wildman–Crippen MR) is 146 cm³/mol. The number of aromatic nitrogens is 4. The zero-order valence-corrected chi connectivity index (χ0v) is 22.5. The molecule has 2 atom stereocenters. The van der Waals surface area contributed by atoms with E-state index in [1.807, 2.05) is 11.9 Å². The second-order valence-electron chi connectivity index (χ2n) is 9.26. The first-order valence-corrected chi connectivity index (χ1v) is 13.2. The van der Waals surface area contributed by atoms with Crippen molar-refractivity contribution >= 4 is 45.8 Å². The number of carbonyl (C=O) groups is 1. The average Bonchev–Trinajstić information content (AvgIpc) is 3.15. The molecule has 0 saturated carbocycles. The summed E-state index contributed by atoms with van der Waals surface area (Å²) < 4.78 is 57.3. The highest BCUT2D eigenvalue weighted by Crippen LogP contribution is 2.38. The van der Waals surface area contributed by atoms with Gasteiger partial charge in [0.05, 0.1) is 23.0 Å². The van der Waals surface area contributed by atoms with Crippen LogP contribution in [0.1, 0.15) is 34.3 Å². The van der Waals surface area contributed by atoms with Gasteiger partial charge in [-0.25, -0.2) is 19.0 Å². The number of amides is 1. The Labute approximate surface area is 227 Å². The van der Waals surface area contributed by atoms with Crippen molar-refractivity contribution in [2.75, 3.05) is 31.3 Å². The maximum absolute atomic E-state index is 14.9. The van der Waals surface area contributed by atoms with Crippen LogP contribution in [0.15, 0.2) is 36.9 Å². The first kappa shape index (κ1) is 28.6. The van der Waals surface area contributed by atoms with Crippen LogP contribution < -0.4 is 10.6 Å². The lowest BCUT2D eigenvalue weighted by Crippen LogP contribution is -2.29. The number of carbonyl (C=O) groups excluding carboxylic acids is 1. The molecule has 2 aromatic heterocycles. The van der Waals surface area contributed by atoms with E-state index >= 15 is 0 Å². The van der Waals surface area contributed by atoms with E-state index in [0.717, 1.165) is 0 Å². The number of halogens is 4. The molecule has 1 aliphatic heterocycles. The topological polar surface area (TPSA) is 88.0 Å². The molecule has 8 nitrogen and oxygen atoms in total. The Balaban J connectivity index is 1.64. The Morgan fingerprint density at radius 1 is 1.26 bits per heavy atom. The Kier molecular flexibility index (Phi) is 8.60. The number of thioether (sulfide) groups is 1. The molecule has 4 rings (SSSR count). The summed E-state index contributed by atoms with van der Waals surface area (Å²) in [5.41, 5.74) is -1.84. The number of benzene rings is 1. The van der Waals surface area contributed by atoms with Gasteiger partial charge < -0.3 is 10.6 Å². The van der Waals surface area contributed by atoms with Crippen molar-refractivity contribution in [3.8, 4) is 0 Å². The van der Waals surface area contributed by atoms with Crippen LogP contribution >= 0.6 is 11.8 Å². The number of allylic oxidation sites excluding steroid dienone is 1. The lowest BCUT2D eigenvalue weighted by Gasteiger charge is -2.22. The number of pyridine rings is 1. The second kappa shape index (κ2) is 11.7. The average molecular weight is 564 g/mol. The first-order valence-electron chi connectivity index (χ1n) is 12.2. The molecule has 0 bridgehead atoms. The summed E-state index contributed by atoms with van der Waals surface area (Å²) in [6, 6.07) is 5.98. The molecule has 0 spiro atoms. The maximum Gasteiger partial charge on any atom is 0.417 e. The lowest BCUT2D eigenvalue weighted by molar-refractivity contribution is -0.0688. The van der Waals surface area contributed by atoms with Gasteiger partial charge in [0, 0.05) is 42.5 Å². The van der Waals surface area contributed by atoms with E-state index in [2.05, 4.69) is 32.3 Å². The summed E-state index contributed by atoms with van der Waals surface area (Å²) >= 11 is 1.18. The fourth-order valence-corrected chi connectivity index (χ4v) is 5.16. The molecule has 2 N–H and O–H groups in total. The normalized spacial score (nSPS) is 18.8. The maximum atomic E-state index is 14.9. The monoisotopic (exact) mass is 563 g/mol. The molecule has 208 valence electrons. The van der Waals surface area contributed by atoms with E-state index in [1.165, 1.54) is 22.5 Å². The molecule has 1 saturated heterocycles. The van der Waals surface area contributed by atoms with Crippen LogP contribution in [-0.4, -0.2) is 74.3 Å². The third kappa shape index (κ3) is 6.77. The zero-order valence-electron chi connectivity index (χ0n) is 21.7. The van der Waals surface area contributed by atoms with Crippen molar-refractivity contribution in [1.29, 1.82) is 0 Å². The Morgan fingerprint density at radius 3 is 2.72 bits per heavy atom. The van der Waals surface area contributed by atoms with Crippen LogP contribution in [0.4, 0.5) is 23.2 Å². The number of fused-ring (bicyclic) bond motifs is 1. The molecule has 13 heteroatoms. The van der Waals surface area contributed by atoms with Gasteiger partial charge in [0.25, 0.3) is 5.91 Å². The van der Waals surface area contributed by atoms with Gasteiger partial charge in [0.15, 0.2) is 5.50 Å². The minimum atomic E-state index is -4.69. The Bertz CT molecular complexity index is 1400. The van der Waals surface area contributed by atoms with Gasteiger partial charge in [0.2, 0.25) is 5.82 Å². The standard InChI is InChI=1S/C26H29F4N7OS/c1-15(26(28,29)30)22-18-8-5-9-20(34-21-10-12-36(3)14-39-23(21)27)19(18)13-17(33-22)7-6-11-31-25(38)24-32-16(2)35-37(24)4/h5-9,13,21,23,34H,1,10-12,14H2,2-4H3,(H,31,38)/b7-6+/t21-,23+/m1/s1. The fraction of sp³-hybridized carbons (Fsp3) is 0.385. The van der Waals surface area contributed by atoms with Crippen LogP contribution in [0.2, 0.25) is 0 Å². The van der Waals surface area contributed by atoms with Gasteiger partial charge in [-0.3, -0.25) is 9.69 Å². The van der Waals surface area contributed by atoms with Crippen molar-refractivity contribution in [2.45, 2.75) is 31.1 Å². The number of hydrogen-bond acceptors (Lipinski definition) is 7. The molecule has 0 aliphatic carbocycles. The van der Waals surface area contributed by atoms with Gasteiger partial charge in [-0.2, -0.15) is 18.3 Å². The highest BCUT2D eigenvalue weighted by molar-refractivity contribution is 7.99. The Morgan fingerprint density at radius 2 is 2.03 bits per heavy atom. The largest absolute Gasteiger partial charge is 0.417 e. The van der Waals surface area contributed by atoms with Crippen molar-refractivity contribution in [3.05, 3.63) is 60.0 Å². The second-order valence-corrected chi connectivity index (χ2v) is 10.3. The lowest BCUT2D eigenvalue weighted by atomic mass is 10.0. The van der Waals surface area contributed by atoms with E-state index in [1.54, 1.807) is 44.3 Å². The van der Waals surface area contributed by atoms with E-state index in [0.29, 0.717) is 35.7 Å². The number of alkyl halides is 4. The summed E-state index contributed by atoms with van der Waals surface area (Å²) in [6.07, 6.45) is -1.08. The van der Waals surface area contributed by atoms with Crippen molar-refractivity contribution in [1.82, 2.24) is 30.0 Å². The summed E-state index contributed by atoms with van der Waals surface area (Å²) in [5.74, 6) is 0.697. The number of hydrogen-bond donors (Lipinski definition) is 2. The van der Waals surface area contributed by atoms with E-state index < -0.39 is 29.2 Å². The SMILES string of the molecule is C=C(c1nc(/C=C/CNC(=O)c2nc(C)nn2C)cc2c(N[C@@H]3CCN(C)CS[C@@H]3F)cccc12)C(F)(F)F. The van der Waals surface area contributed by atoms with Gasteiger partial charge in [0.1, 0.15) is 5.82 Å². The summed E-state index contributed by atoms with van der Waals surface area (Å²) in [4.78, 5) is 22.7. The fourth-order valence-electron chi connectivity index (χ4n) is 4.20. The van der Waals surface area contributed by atoms with E-state index in [9.17, 15) is 22.4 Å². The third-order valence-electron chi connectivity index (χ3n) is 6.20. The number of nitrogens with zero attached hydrogens (tertiary/aromatic N) is 5. The summed E-state index contributed by atoms with van der Waals surface area (Å²) in [6.45, 7) is 5.68. The van der Waals surface area contributed by atoms with Crippen molar-refractivity contribution < 1.29 is 22.4 Å². The van der Waals surface area contributed by atoms with Crippen LogP contribution in [-0.2, 0) is 7.05 Å². The predicted octanol–water partition coefficient (Wildman–Crippen LogP) is 4.79. The molecule has 1 fully saturated rings. The molecule has 1 amide bonds. The molecule has 1 aromatic carbocycles. The van der Waals surface area contributed by atoms with Crippen molar-refractivity contribution in [3.63, 3.8) is 0 Å². The molecule has 39 heavy (non-hydrogen) atoms. The zero-order chi connectivity index (χ0) is 28.3.